The maximum atomic E-state index is 12.3. The lowest BCUT2D eigenvalue weighted by atomic mass is 9.95. The first-order chi connectivity index (χ1) is 9.38. The van der Waals surface area contributed by atoms with Crippen molar-refractivity contribution in [1.29, 1.82) is 0 Å². The van der Waals surface area contributed by atoms with Crippen molar-refractivity contribution >= 4 is 45.1 Å². The molecule has 1 amide bonds. The average Bonchev–Trinajstić information content (AvgIpc) is 2.76. The van der Waals surface area contributed by atoms with Crippen molar-refractivity contribution in [2.24, 2.45) is 17.8 Å². The van der Waals surface area contributed by atoms with Crippen molar-refractivity contribution in [1.82, 2.24) is 0 Å². The third-order valence-corrected chi connectivity index (χ3v) is 4.46. The van der Waals surface area contributed by atoms with Crippen molar-refractivity contribution in [3.8, 4) is 0 Å². The van der Waals surface area contributed by atoms with E-state index in [1.54, 1.807) is 18.2 Å². The monoisotopic (exact) mass is 359 g/mol. The van der Waals surface area contributed by atoms with E-state index >= 15 is 0 Å². The lowest BCUT2D eigenvalue weighted by Crippen LogP contribution is -2.30. The van der Waals surface area contributed by atoms with Crippen molar-refractivity contribution in [2.75, 3.05) is 5.32 Å². The third kappa shape index (κ3) is 3.33. The van der Waals surface area contributed by atoms with Crippen LogP contribution in [0.1, 0.15) is 19.8 Å². The number of hydrogen-bond donors (Lipinski definition) is 2. The van der Waals surface area contributed by atoms with Gasteiger partial charge in [0.15, 0.2) is 0 Å². The minimum Gasteiger partial charge on any atom is -0.481 e. The maximum absolute atomic E-state index is 12.3. The first-order valence-electron chi connectivity index (χ1n) is 6.37. The molecular formula is C14H15BrClNO3. The topological polar surface area (TPSA) is 66.4 Å². The van der Waals surface area contributed by atoms with Crippen LogP contribution in [0.15, 0.2) is 22.7 Å². The molecule has 1 unspecified atom stereocenters. The molecule has 1 aliphatic rings. The zero-order valence-electron chi connectivity index (χ0n) is 10.9. The summed E-state index contributed by atoms with van der Waals surface area (Å²) >= 11 is 9.33. The van der Waals surface area contributed by atoms with Gasteiger partial charge in [-0.05, 0) is 37.0 Å². The summed E-state index contributed by atoms with van der Waals surface area (Å²) in [6.07, 6.45) is 1.13. The molecule has 0 heterocycles. The fourth-order valence-corrected chi connectivity index (χ4v) is 3.20. The fourth-order valence-electron chi connectivity index (χ4n) is 2.67. The Morgan fingerprint density at radius 1 is 1.35 bits per heavy atom. The van der Waals surface area contributed by atoms with Crippen molar-refractivity contribution in [3.05, 3.63) is 27.7 Å². The van der Waals surface area contributed by atoms with Crippen LogP contribution in [0.25, 0.3) is 0 Å². The van der Waals surface area contributed by atoms with Gasteiger partial charge in [0.1, 0.15) is 0 Å². The highest BCUT2D eigenvalue weighted by Crippen LogP contribution is 2.37. The van der Waals surface area contributed by atoms with Gasteiger partial charge >= 0.3 is 5.97 Å². The predicted octanol–water partition coefficient (Wildman–Crippen LogP) is 3.79. The zero-order chi connectivity index (χ0) is 14.9. The van der Waals surface area contributed by atoms with Crippen LogP contribution < -0.4 is 5.32 Å². The Balaban J connectivity index is 2.15. The van der Waals surface area contributed by atoms with Crippen molar-refractivity contribution in [3.63, 3.8) is 0 Å². The molecule has 0 spiro atoms. The first kappa shape index (κ1) is 15.3. The van der Waals surface area contributed by atoms with Crippen molar-refractivity contribution < 1.29 is 14.7 Å². The molecule has 4 nitrogen and oxygen atoms in total. The summed E-state index contributed by atoms with van der Waals surface area (Å²) in [6, 6.07) is 5.15. The van der Waals surface area contributed by atoms with Crippen LogP contribution >= 0.6 is 27.5 Å². The number of benzene rings is 1. The number of carbonyl (C=O) groups excluding carboxylic acids is 1. The number of halogens is 2. The normalized spacial score (nSPS) is 25.4. The van der Waals surface area contributed by atoms with Gasteiger partial charge in [0, 0.05) is 4.47 Å². The van der Waals surface area contributed by atoms with Gasteiger partial charge in [-0.1, -0.05) is 34.5 Å². The molecule has 0 radical (unpaired) electrons. The highest BCUT2D eigenvalue weighted by Gasteiger charge is 2.41. The summed E-state index contributed by atoms with van der Waals surface area (Å²) in [7, 11) is 0. The summed E-state index contributed by atoms with van der Waals surface area (Å²) in [5.41, 5.74) is 0.495. The first-order valence-corrected chi connectivity index (χ1v) is 7.54. The van der Waals surface area contributed by atoms with Crippen LogP contribution in [0.3, 0.4) is 0 Å². The van der Waals surface area contributed by atoms with E-state index in [1.807, 2.05) is 6.92 Å². The maximum Gasteiger partial charge on any atom is 0.307 e. The zero-order valence-corrected chi connectivity index (χ0v) is 13.2. The Labute approximate surface area is 130 Å². The Bertz CT molecular complexity index is 549. The molecule has 1 aromatic rings. The molecule has 3 atom stereocenters. The number of carboxylic acid groups (broad SMARTS) is 1. The van der Waals surface area contributed by atoms with Gasteiger partial charge in [0.05, 0.1) is 22.5 Å². The van der Waals surface area contributed by atoms with E-state index in [2.05, 4.69) is 21.2 Å². The van der Waals surface area contributed by atoms with Crippen molar-refractivity contribution in [2.45, 2.75) is 19.8 Å². The Kier molecular flexibility index (Phi) is 4.70. The number of carboxylic acids is 1. The molecule has 0 aromatic heterocycles. The summed E-state index contributed by atoms with van der Waals surface area (Å²) in [4.78, 5) is 23.5. The quantitative estimate of drug-likeness (QED) is 0.862. The molecule has 108 valence electrons. The lowest BCUT2D eigenvalue weighted by molar-refractivity contribution is -0.145. The Hall–Kier alpha value is -1.07. The number of anilines is 1. The minimum atomic E-state index is -0.908. The number of rotatable bonds is 3. The van der Waals surface area contributed by atoms with E-state index in [9.17, 15) is 14.7 Å². The second-order valence-corrected chi connectivity index (χ2v) is 6.56. The molecular weight excluding hydrogens is 346 g/mol. The van der Waals surface area contributed by atoms with Gasteiger partial charge < -0.3 is 10.4 Å². The molecule has 2 rings (SSSR count). The van der Waals surface area contributed by atoms with E-state index in [0.717, 1.165) is 4.47 Å². The second-order valence-electron chi connectivity index (χ2n) is 5.24. The van der Waals surface area contributed by atoms with Gasteiger partial charge in [0.2, 0.25) is 5.91 Å². The van der Waals surface area contributed by atoms with Gasteiger partial charge in [-0.2, -0.15) is 0 Å². The smallest absolute Gasteiger partial charge is 0.307 e. The SMILES string of the molecule is CC1C[C@H](C(=O)Nc2cc(Br)ccc2Cl)[C@H](C(=O)O)C1. The summed E-state index contributed by atoms with van der Waals surface area (Å²) < 4.78 is 0.798. The third-order valence-electron chi connectivity index (χ3n) is 3.64. The fraction of sp³-hybridized carbons (Fsp3) is 0.429. The van der Waals surface area contributed by atoms with Crippen LogP contribution in [0, 0.1) is 17.8 Å². The number of nitrogens with one attached hydrogen (secondary N) is 1. The van der Waals surface area contributed by atoms with Crippen LogP contribution in [-0.2, 0) is 9.59 Å². The highest BCUT2D eigenvalue weighted by molar-refractivity contribution is 9.10. The molecule has 1 aromatic carbocycles. The molecule has 1 aliphatic carbocycles. The van der Waals surface area contributed by atoms with E-state index in [4.69, 9.17) is 11.6 Å². The summed E-state index contributed by atoms with van der Waals surface area (Å²) in [5, 5.41) is 12.4. The minimum absolute atomic E-state index is 0.241. The van der Waals surface area contributed by atoms with Gasteiger partial charge in [-0.25, -0.2) is 0 Å². The van der Waals surface area contributed by atoms with Crippen LogP contribution in [0.2, 0.25) is 5.02 Å². The van der Waals surface area contributed by atoms with E-state index in [1.165, 1.54) is 0 Å². The molecule has 6 heteroatoms. The van der Waals surface area contributed by atoms with E-state index < -0.39 is 17.8 Å². The van der Waals surface area contributed by atoms with E-state index in [0.29, 0.717) is 23.6 Å². The number of amides is 1. The number of aliphatic carboxylic acids is 1. The molecule has 0 saturated heterocycles. The highest BCUT2D eigenvalue weighted by atomic mass is 79.9. The summed E-state index contributed by atoms with van der Waals surface area (Å²) in [6.45, 7) is 1.97. The van der Waals surface area contributed by atoms with Crippen LogP contribution in [-0.4, -0.2) is 17.0 Å². The van der Waals surface area contributed by atoms with E-state index in [-0.39, 0.29) is 11.8 Å². The Morgan fingerprint density at radius 3 is 2.65 bits per heavy atom. The molecule has 1 fully saturated rings. The van der Waals surface area contributed by atoms with Gasteiger partial charge in [-0.15, -0.1) is 0 Å². The van der Waals surface area contributed by atoms with Gasteiger partial charge in [-0.3, -0.25) is 9.59 Å². The predicted molar refractivity (Wildman–Crippen MR) is 80.8 cm³/mol. The second kappa shape index (κ2) is 6.14. The molecule has 2 N–H and O–H groups in total. The standard InChI is InChI=1S/C14H15BrClNO3/c1-7-4-9(10(5-7)14(19)20)13(18)17-12-6-8(15)2-3-11(12)16/h2-3,6-7,9-10H,4-5H2,1H3,(H,17,18)(H,19,20)/t7?,9-,10+/m0/s1. The lowest BCUT2D eigenvalue weighted by Gasteiger charge is -2.16. The molecule has 20 heavy (non-hydrogen) atoms. The van der Waals surface area contributed by atoms with Gasteiger partial charge in [0.25, 0.3) is 0 Å². The molecule has 0 bridgehead atoms. The molecule has 1 saturated carbocycles. The largest absolute Gasteiger partial charge is 0.481 e. The van der Waals surface area contributed by atoms with Crippen LogP contribution in [0.5, 0.6) is 0 Å². The average molecular weight is 361 g/mol. The molecule has 0 aliphatic heterocycles. The Morgan fingerprint density at radius 2 is 2.00 bits per heavy atom. The number of carbonyl (C=O) groups is 2. The summed E-state index contributed by atoms with van der Waals surface area (Å²) in [5.74, 6) is -2.06. The van der Waals surface area contributed by atoms with Crippen LogP contribution in [0.4, 0.5) is 5.69 Å². The number of hydrogen-bond acceptors (Lipinski definition) is 2.